The molecule has 3 heteroatoms. The molecule has 3 nitrogen and oxygen atoms in total. The topological polar surface area (TPSA) is 24.5 Å². The second-order valence-electron chi connectivity index (χ2n) is 5.91. The molecule has 0 amide bonds. The molecular formula is C17H28N2O. The van der Waals surface area contributed by atoms with Gasteiger partial charge in [0.25, 0.3) is 0 Å². The van der Waals surface area contributed by atoms with Crippen molar-refractivity contribution >= 4 is 0 Å². The van der Waals surface area contributed by atoms with Gasteiger partial charge in [-0.3, -0.25) is 4.90 Å². The number of ether oxygens (including phenoxy) is 1. The van der Waals surface area contributed by atoms with Crippen LogP contribution in [0.3, 0.4) is 0 Å². The molecule has 1 aliphatic rings. The Bertz CT molecular complexity index is 411. The highest BCUT2D eigenvalue weighted by atomic mass is 16.5. The van der Waals surface area contributed by atoms with Crippen LogP contribution in [0.15, 0.2) is 24.3 Å². The van der Waals surface area contributed by atoms with Gasteiger partial charge in [-0.1, -0.05) is 24.6 Å². The first-order valence-electron chi connectivity index (χ1n) is 7.73. The molecule has 1 saturated heterocycles. The zero-order valence-corrected chi connectivity index (χ0v) is 13.2. The zero-order valence-electron chi connectivity index (χ0n) is 13.2. The third kappa shape index (κ3) is 3.33. The van der Waals surface area contributed by atoms with Crippen molar-refractivity contribution < 1.29 is 4.74 Å². The molecule has 1 aromatic carbocycles. The van der Waals surface area contributed by atoms with E-state index in [1.165, 1.54) is 24.8 Å². The van der Waals surface area contributed by atoms with Crippen molar-refractivity contribution in [1.82, 2.24) is 10.2 Å². The predicted molar refractivity (Wildman–Crippen MR) is 84.3 cm³/mol. The number of likely N-dealkylation sites (N-methyl/N-ethyl adjacent to an activating group) is 1. The van der Waals surface area contributed by atoms with Crippen molar-refractivity contribution in [3.8, 4) is 5.75 Å². The average Bonchev–Trinajstić information content (AvgIpc) is 2.47. The molecule has 1 fully saturated rings. The summed E-state index contributed by atoms with van der Waals surface area (Å²) in [6, 6.07) is 9.98. The van der Waals surface area contributed by atoms with Crippen LogP contribution in [0, 0.1) is 0 Å². The summed E-state index contributed by atoms with van der Waals surface area (Å²) >= 11 is 0. The van der Waals surface area contributed by atoms with Crippen LogP contribution in [0.5, 0.6) is 5.75 Å². The lowest BCUT2D eigenvalue weighted by molar-refractivity contribution is 0.0916. The maximum Gasteiger partial charge on any atom is 0.123 e. The van der Waals surface area contributed by atoms with Crippen LogP contribution in [-0.2, 0) is 0 Å². The molecule has 0 bridgehead atoms. The molecule has 0 radical (unpaired) electrons. The molecule has 112 valence electrons. The lowest BCUT2D eigenvalue weighted by Gasteiger charge is -2.41. The van der Waals surface area contributed by atoms with Gasteiger partial charge in [0.05, 0.1) is 7.11 Å². The number of para-hydroxylation sites is 1. The molecule has 1 aromatic rings. The average molecular weight is 276 g/mol. The van der Waals surface area contributed by atoms with Crippen molar-refractivity contribution in [3.63, 3.8) is 0 Å². The first-order chi connectivity index (χ1) is 9.67. The van der Waals surface area contributed by atoms with E-state index in [9.17, 15) is 0 Å². The van der Waals surface area contributed by atoms with Crippen molar-refractivity contribution in [2.24, 2.45) is 0 Å². The fourth-order valence-electron chi connectivity index (χ4n) is 3.34. The second kappa shape index (κ2) is 7.09. The molecule has 1 heterocycles. The number of nitrogens with one attached hydrogen (secondary N) is 1. The molecule has 20 heavy (non-hydrogen) atoms. The Kier molecular flexibility index (Phi) is 5.44. The van der Waals surface area contributed by atoms with Gasteiger partial charge >= 0.3 is 0 Å². The van der Waals surface area contributed by atoms with Crippen LogP contribution in [0.1, 0.15) is 44.7 Å². The quantitative estimate of drug-likeness (QED) is 0.893. The number of hydrogen-bond acceptors (Lipinski definition) is 3. The fraction of sp³-hybridized carbons (Fsp3) is 0.647. The predicted octanol–water partition coefficient (Wildman–Crippen LogP) is 3.22. The van der Waals surface area contributed by atoms with Crippen LogP contribution in [0.2, 0.25) is 0 Å². The molecule has 1 aliphatic heterocycles. The normalized spacial score (nSPS) is 25.4. The number of nitrogens with zero attached hydrogens (tertiary/aromatic N) is 1. The lowest BCUT2D eigenvalue weighted by Crippen LogP contribution is -2.47. The number of hydrogen-bond donors (Lipinski definition) is 1. The number of benzene rings is 1. The number of rotatable bonds is 5. The van der Waals surface area contributed by atoms with E-state index in [1.807, 2.05) is 19.2 Å². The van der Waals surface area contributed by atoms with Gasteiger partial charge in [0, 0.05) is 30.2 Å². The zero-order chi connectivity index (χ0) is 14.5. The Morgan fingerprint density at radius 2 is 1.90 bits per heavy atom. The van der Waals surface area contributed by atoms with E-state index in [2.05, 4.69) is 36.2 Å². The fourth-order valence-corrected chi connectivity index (χ4v) is 3.34. The maximum absolute atomic E-state index is 5.51. The van der Waals surface area contributed by atoms with Crippen molar-refractivity contribution in [1.29, 1.82) is 0 Å². The molecule has 0 spiro atoms. The van der Waals surface area contributed by atoms with E-state index in [-0.39, 0.29) is 0 Å². The third-order valence-electron chi connectivity index (χ3n) is 4.63. The molecule has 3 atom stereocenters. The third-order valence-corrected chi connectivity index (χ3v) is 4.63. The minimum Gasteiger partial charge on any atom is -0.496 e. The van der Waals surface area contributed by atoms with Gasteiger partial charge in [0.1, 0.15) is 5.75 Å². The first-order valence-corrected chi connectivity index (χ1v) is 7.73. The smallest absolute Gasteiger partial charge is 0.123 e. The minimum atomic E-state index is 0.314. The van der Waals surface area contributed by atoms with Crippen LogP contribution >= 0.6 is 0 Å². The summed E-state index contributed by atoms with van der Waals surface area (Å²) in [6.07, 6.45) is 3.98. The van der Waals surface area contributed by atoms with Gasteiger partial charge in [-0.05, 0) is 39.8 Å². The molecular weight excluding hydrogens is 248 g/mol. The van der Waals surface area contributed by atoms with Gasteiger partial charge in [-0.15, -0.1) is 0 Å². The summed E-state index contributed by atoms with van der Waals surface area (Å²) in [7, 11) is 3.79. The van der Waals surface area contributed by atoms with E-state index in [0.717, 1.165) is 12.3 Å². The van der Waals surface area contributed by atoms with Crippen molar-refractivity contribution in [3.05, 3.63) is 29.8 Å². The molecule has 0 saturated carbocycles. The van der Waals surface area contributed by atoms with E-state index in [1.54, 1.807) is 7.11 Å². The monoisotopic (exact) mass is 276 g/mol. The Hall–Kier alpha value is -1.06. The number of likely N-dealkylation sites (tertiary alicyclic amines) is 1. The van der Waals surface area contributed by atoms with E-state index >= 15 is 0 Å². The van der Waals surface area contributed by atoms with Crippen LogP contribution < -0.4 is 10.1 Å². The summed E-state index contributed by atoms with van der Waals surface area (Å²) < 4.78 is 5.51. The van der Waals surface area contributed by atoms with Crippen molar-refractivity contribution in [2.45, 2.75) is 51.2 Å². The Balaban J connectivity index is 2.15. The molecule has 1 N–H and O–H groups in total. The Morgan fingerprint density at radius 3 is 2.50 bits per heavy atom. The standard InChI is InChI=1S/C17H28N2O/c1-13-8-7-9-14(2)19(13)12-16(18-3)15-10-5-6-11-17(15)20-4/h5-6,10-11,13-14,16,18H,7-9,12H2,1-4H3. The van der Waals surface area contributed by atoms with Crippen molar-refractivity contribution in [2.75, 3.05) is 20.7 Å². The minimum absolute atomic E-state index is 0.314. The maximum atomic E-state index is 5.51. The van der Waals surface area contributed by atoms with Gasteiger partial charge in [-0.2, -0.15) is 0 Å². The molecule has 0 aromatic heterocycles. The Labute approximate surface area is 123 Å². The molecule has 0 aliphatic carbocycles. The van der Waals surface area contributed by atoms with E-state index in [4.69, 9.17) is 4.74 Å². The molecule has 3 unspecified atom stereocenters. The van der Waals surface area contributed by atoms with Crippen LogP contribution in [0.25, 0.3) is 0 Å². The van der Waals surface area contributed by atoms with Gasteiger partial charge in [0.15, 0.2) is 0 Å². The summed E-state index contributed by atoms with van der Waals surface area (Å²) in [5.41, 5.74) is 1.25. The second-order valence-corrected chi connectivity index (χ2v) is 5.91. The first kappa shape index (κ1) is 15.3. The van der Waals surface area contributed by atoms with E-state index in [0.29, 0.717) is 18.1 Å². The largest absolute Gasteiger partial charge is 0.496 e. The number of piperidine rings is 1. The highest BCUT2D eigenvalue weighted by molar-refractivity contribution is 5.36. The van der Waals surface area contributed by atoms with Crippen LogP contribution in [-0.4, -0.2) is 37.7 Å². The highest BCUT2D eigenvalue weighted by Gasteiger charge is 2.27. The van der Waals surface area contributed by atoms with Crippen LogP contribution in [0.4, 0.5) is 0 Å². The van der Waals surface area contributed by atoms with E-state index < -0.39 is 0 Å². The highest BCUT2D eigenvalue weighted by Crippen LogP contribution is 2.29. The number of methoxy groups -OCH3 is 1. The molecule has 2 rings (SSSR count). The Morgan fingerprint density at radius 1 is 1.25 bits per heavy atom. The SMILES string of the molecule is CNC(CN1C(C)CCCC1C)c1ccccc1OC. The summed E-state index contributed by atoms with van der Waals surface area (Å²) in [5.74, 6) is 0.976. The van der Waals surface area contributed by atoms with Gasteiger partial charge < -0.3 is 10.1 Å². The summed E-state index contributed by atoms with van der Waals surface area (Å²) in [5, 5.41) is 3.46. The summed E-state index contributed by atoms with van der Waals surface area (Å²) in [6.45, 7) is 5.74. The van der Waals surface area contributed by atoms with Gasteiger partial charge in [0.2, 0.25) is 0 Å². The summed E-state index contributed by atoms with van der Waals surface area (Å²) in [4.78, 5) is 2.64. The van der Waals surface area contributed by atoms with Gasteiger partial charge in [-0.25, -0.2) is 0 Å². The lowest BCUT2D eigenvalue weighted by atomic mass is 9.95.